The van der Waals surface area contributed by atoms with Gasteiger partial charge in [-0.05, 0) is 18.7 Å². The van der Waals surface area contributed by atoms with Gasteiger partial charge in [-0.25, -0.2) is 4.39 Å². The number of morpholine rings is 1. The van der Waals surface area contributed by atoms with Crippen LogP contribution in [0.2, 0.25) is 0 Å². The second-order valence-electron chi connectivity index (χ2n) is 5.76. The van der Waals surface area contributed by atoms with E-state index in [1.807, 2.05) is 0 Å². The Labute approximate surface area is 135 Å². The summed E-state index contributed by atoms with van der Waals surface area (Å²) in [5, 5.41) is 0. The molecule has 0 aliphatic carbocycles. The summed E-state index contributed by atoms with van der Waals surface area (Å²) in [7, 11) is 1.77. The predicted molar refractivity (Wildman–Crippen MR) is 83.1 cm³/mol. The molecule has 1 aliphatic heterocycles. The van der Waals surface area contributed by atoms with Crippen LogP contribution in [0.15, 0.2) is 24.3 Å². The molecule has 0 unspecified atom stereocenters. The number of rotatable bonds is 6. The van der Waals surface area contributed by atoms with Crippen molar-refractivity contribution in [3.8, 4) is 0 Å². The zero-order chi connectivity index (χ0) is 16.8. The molecular formula is C16H22FN3O3. The maximum atomic E-state index is 13.6. The van der Waals surface area contributed by atoms with Crippen LogP contribution in [0.1, 0.15) is 5.56 Å². The third-order valence-corrected chi connectivity index (χ3v) is 3.73. The van der Waals surface area contributed by atoms with Gasteiger partial charge in [0.25, 0.3) is 0 Å². The predicted octanol–water partition coefficient (Wildman–Crippen LogP) is 0.0127. The number of primary amides is 1. The number of likely N-dealkylation sites (N-methyl/N-ethyl adjacent to an activating group) is 1. The molecule has 0 saturated carbocycles. The van der Waals surface area contributed by atoms with Gasteiger partial charge in [0.05, 0.1) is 25.7 Å². The van der Waals surface area contributed by atoms with Gasteiger partial charge < -0.3 is 15.4 Å². The minimum atomic E-state index is -0.407. The largest absolute Gasteiger partial charge is 0.373 e. The van der Waals surface area contributed by atoms with Gasteiger partial charge in [0.2, 0.25) is 11.8 Å². The lowest BCUT2D eigenvalue weighted by molar-refractivity contribution is -0.139. The fourth-order valence-corrected chi connectivity index (χ4v) is 2.65. The molecule has 1 saturated heterocycles. The van der Waals surface area contributed by atoms with Gasteiger partial charge in [0.15, 0.2) is 0 Å². The number of nitrogens with two attached hydrogens (primary N) is 1. The van der Waals surface area contributed by atoms with Gasteiger partial charge in [-0.1, -0.05) is 18.2 Å². The first-order valence-electron chi connectivity index (χ1n) is 7.55. The fraction of sp³-hybridized carbons (Fsp3) is 0.500. The molecule has 0 bridgehead atoms. The summed E-state index contributed by atoms with van der Waals surface area (Å²) in [6, 6.07) is 6.28. The fourth-order valence-electron chi connectivity index (χ4n) is 2.65. The maximum Gasteiger partial charge on any atom is 0.231 e. The number of ether oxygens (including phenoxy) is 1. The normalized spacial score (nSPS) is 18.2. The van der Waals surface area contributed by atoms with E-state index < -0.39 is 5.91 Å². The van der Waals surface area contributed by atoms with E-state index in [1.54, 1.807) is 35.0 Å². The van der Waals surface area contributed by atoms with E-state index >= 15 is 0 Å². The SMILES string of the molecule is CN(CC(N)=O)C[C@H]1CN(C(=O)Cc2ccccc2F)CCO1. The molecule has 126 valence electrons. The maximum absolute atomic E-state index is 13.6. The molecule has 1 atom stereocenters. The first kappa shape index (κ1) is 17.4. The number of hydrogen-bond donors (Lipinski definition) is 1. The van der Waals surface area contributed by atoms with E-state index in [4.69, 9.17) is 10.5 Å². The summed E-state index contributed by atoms with van der Waals surface area (Å²) in [5.41, 5.74) is 5.55. The van der Waals surface area contributed by atoms with Gasteiger partial charge in [0.1, 0.15) is 5.82 Å². The molecule has 2 amide bonds. The van der Waals surface area contributed by atoms with E-state index in [2.05, 4.69) is 0 Å². The van der Waals surface area contributed by atoms with Gasteiger partial charge >= 0.3 is 0 Å². The average Bonchev–Trinajstić information content (AvgIpc) is 2.49. The Hall–Kier alpha value is -1.99. The van der Waals surface area contributed by atoms with Crippen LogP contribution in [0, 0.1) is 5.82 Å². The number of carbonyl (C=O) groups is 2. The van der Waals surface area contributed by atoms with Crippen LogP contribution < -0.4 is 5.73 Å². The average molecular weight is 323 g/mol. The van der Waals surface area contributed by atoms with Crippen molar-refractivity contribution in [1.29, 1.82) is 0 Å². The monoisotopic (exact) mass is 323 g/mol. The van der Waals surface area contributed by atoms with Gasteiger partial charge in [-0.3, -0.25) is 14.5 Å². The molecule has 0 spiro atoms. The highest BCUT2D eigenvalue weighted by atomic mass is 19.1. The molecule has 1 fully saturated rings. The number of nitrogens with zero attached hydrogens (tertiary/aromatic N) is 2. The summed E-state index contributed by atoms with van der Waals surface area (Å²) >= 11 is 0. The lowest BCUT2D eigenvalue weighted by Crippen LogP contribution is -2.50. The van der Waals surface area contributed by atoms with E-state index in [0.29, 0.717) is 31.8 Å². The Morgan fingerprint density at radius 1 is 1.43 bits per heavy atom. The zero-order valence-corrected chi connectivity index (χ0v) is 13.2. The van der Waals surface area contributed by atoms with Crippen molar-refractivity contribution in [3.05, 3.63) is 35.6 Å². The van der Waals surface area contributed by atoms with Crippen LogP contribution in [-0.2, 0) is 20.7 Å². The number of hydrogen-bond acceptors (Lipinski definition) is 4. The molecule has 1 aromatic rings. The molecule has 2 rings (SSSR count). The third-order valence-electron chi connectivity index (χ3n) is 3.73. The summed E-state index contributed by atoms with van der Waals surface area (Å²) in [5.74, 6) is -0.899. The summed E-state index contributed by atoms with van der Waals surface area (Å²) in [6.45, 7) is 1.99. The van der Waals surface area contributed by atoms with E-state index in [9.17, 15) is 14.0 Å². The quantitative estimate of drug-likeness (QED) is 0.800. The zero-order valence-electron chi connectivity index (χ0n) is 13.2. The summed E-state index contributed by atoms with van der Waals surface area (Å²) < 4.78 is 19.3. The van der Waals surface area contributed by atoms with Crippen LogP contribution in [0.25, 0.3) is 0 Å². The van der Waals surface area contributed by atoms with Gasteiger partial charge in [0, 0.05) is 19.6 Å². The Kier molecular flexibility index (Phi) is 6.06. The minimum absolute atomic E-state index is 0.0382. The number of benzene rings is 1. The lowest BCUT2D eigenvalue weighted by Gasteiger charge is -2.34. The third kappa shape index (κ3) is 5.30. The Morgan fingerprint density at radius 3 is 2.87 bits per heavy atom. The Bertz CT molecular complexity index is 567. The Morgan fingerprint density at radius 2 is 2.17 bits per heavy atom. The smallest absolute Gasteiger partial charge is 0.231 e. The number of carbonyl (C=O) groups excluding carboxylic acids is 2. The standard InChI is InChI=1S/C16H22FN3O3/c1-19(11-15(18)21)9-13-10-20(6-7-23-13)16(22)8-12-4-2-3-5-14(12)17/h2-5,13H,6-11H2,1H3,(H2,18,21)/t13-/m0/s1. The molecule has 2 N–H and O–H groups in total. The van der Waals surface area contributed by atoms with Crippen LogP contribution in [0.5, 0.6) is 0 Å². The molecule has 1 aliphatic rings. The lowest BCUT2D eigenvalue weighted by atomic mass is 10.1. The van der Waals surface area contributed by atoms with E-state index in [1.165, 1.54) is 6.07 Å². The highest BCUT2D eigenvalue weighted by molar-refractivity contribution is 5.79. The summed E-state index contributed by atoms with van der Waals surface area (Å²) in [6.07, 6.45) is -0.144. The van der Waals surface area contributed by atoms with Crippen molar-refractivity contribution >= 4 is 11.8 Å². The molecule has 7 heteroatoms. The number of halogens is 1. The number of amides is 2. The molecule has 0 radical (unpaired) electrons. The highest BCUT2D eigenvalue weighted by Gasteiger charge is 2.25. The van der Waals surface area contributed by atoms with Crippen LogP contribution in [-0.4, -0.2) is 67.6 Å². The minimum Gasteiger partial charge on any atom is -0.373 e. The first-order chi connectivity index (χ1) is 11.0. The second kappa shape index (κ2) is 8.03. The van der Waals surface area contributed by atoms with Crippen molar-refractivity contribution in [2.45, 2.75) is 12.5 Å². The summed E-state index contributed by atoms with van der Waals surface area (Å²) in [4.78, 5) is 26.7. The molecule has 1 heterocycles. The molecule has 1 aromatic carbocycles. The highest BCUT2D eigenvalue weighted by Crippen LogP contribution is 2.12. The van der Waals surface area contributed by atoms with E-state index in [0.717, 1.165) is 0 Å². The van der Waals surface area contributed by atoms with Crippen molar-refractivity contribution in [3.63, 3.8) is 0 Å². The topological polar surface area (TPSA) is 75.9 Å². The molecule has 23 heavy (non-hydrogen) atoms. The van der Waals surface area contributed by atoms with E-state index in [-0.39, 0.29) is 30.8 Å². The van der Waals surface area contributed by atoms with Crippen molar-refractivity contribution in [2.75, 3.05) is 39.8 Å². The molecule has 0 aromatic heterocycles. The van der Waals surface area contributed by atoms with Crippen LogP contribution in [0.3, 0.4) is 0 Å². The second-order valence-corrected chi connectivity index (χ2v) is 5.76. The van der Waals surface area contributed by atoms with Crippen LogP contribution >= 0.6 is 0 Å². The Balaban J connectivity index is 1.89. The van der Waals surface area contributed by atoms with Crippen molar-refractivity contribution in [2.24, 2.45) is 5.73 Å². The van der Waals surface area contributed by atoms with Gasteiger partial charge in [-0.15, -0.1) is 0 Å². The van der Waals surface area contributed by atoms with Crippen molar-refractivity contribution in [1.82, 2.24) is 9.80 Å². The van der Waals surface area contributed by atoms with Crippen LogP contribution in [0.4, 0.5) is 4.39 Å². The van der Waals surface area contributed by atoms with Crippen molar-refractivity contribution < 1.29 is 18.7 Å². The molecule has 6 nitrogen and oxygen atoms in total. The first-order valence-corrected chi connectivity index (χ1v) is 7.55. The molecular weight excluding hydrogens is 301 g/mol. The van der Waals surface area contributed by atoms with Gasteiger partial charge in [-0.2, -0.15) is 0 Å².